The van der Waals surface area contributed by atoms with Gasteiger partial charge in [-0.25, -0.2) is 4.98 Å². The van der Waals surface area contributed by atoms with Gasteiger partial charge in [0.05, 0.1) is 50.7 Å². The molecule has 3 nitrogen and oxygen atoms in total. The second-order valence-electron chi connectivity index (χ2n) is 15.8. The van der Waals surface area contributed by atoms with Gasteiger partial charge in [-0.05, 0) is 59.1 Å². The number of halogens is 27. The smallest absolute Gasteiger partial charge is 0.416 e. The highest BCUT2D eigenvalue weighted by Gasteiger charge is 2.47. The van der Waals surface area contributed by atoms with Crippen molar-refractivity contribution in [2.45, 2.75) is 59.9 Å². The van der Waals surface area contributed by atoms with Gasteiger partial charge in [0, 0.05) is 5.56 Å². The molecule has 1 heterocycles. The highest BCUT2D eigenvalue weighted by Crippen LogP contribution is 2.41. The molecule has 0 N–H and O–H groups in total. The Morgan fingerprint density at radius 3 is 0.867 bits per heavy atom. The number of aromatic nitrogens is 2. The fraction of sp³-hybridized carbons (Fsp3) is 0.227. The van der Waals surface area contributed by atoms with Gasteiger partial charge < -0.3 is 4.74 Å². The normalized spacial score (nSPS) is 13.6. The molecule has 0 saturated heterocycles. The molecule has 5 aromatic carbocycles. The fourth-order valence-corrected chi connectivity index (χ4v) is 7.78. The standard InChI is InChI=1S/C32H12BF24.C12H10Cl3N2O/c34-25(35,36)13-1-14(26(37,38)39)6-21(5-13)33(22-7-15(27(40,41)42)2-16(8-22)28(43,44)45,23-9-17(29(46,47)48)3-18(10-23)30(49,50)51)24-11-19(31(52,53)54)4-20(12-24)32(55,56)57;13-12(14,15)18-11-9-17(7-6-16-11)8-10-4-2-1-3-5-10/h1-12H;1-7,9H,8H2/q-1;+1. The Balaban J connectivity index is 0.000000483. The Morgan fingerprint density at radius 1 is 0.387 bits per heavy atom. The van der Waals surface area contributed by atoms with E-state index in [0.29, 0.717) is 6.54 Å². The minimum atomic E-state index is -6.13. The van der Waals surface area contributed by atoms with Gasteiger partial charge in [-0.2, -0.15) is 132 Å². The first-order valence-electron chi connectivity index (χ1n) is 19.8. The lowest BCUT2D eigenvalue weighted by atomic mass is 9.12. The van der Waals surface area contributed by atoms with Crippen LogP contribution in [0, 0.1) is 0 Å². The van der Waals surface area contributed by atoms with Gasteiger partial charge in [-0.3, -0.25) is 0 Å². The molecule has 0 aliphatic carbocycles. The van der Waals surface area contributed by atoms with Crippen molar-refractivity contribution in [2.75, 3.05) is 0 Å². The Kier molecular flexibility index (Phi) is 16.5. The van der Waals surface area contributed by atoms with Crippen LogP contribution in [0.3, 0.4) is 0 Å². The number of rotatable bonds is 7. The lowest BCUT2D eigenvalue weighted by molar-refractivity contribution is -0.689. The predicted octanol–water partition coefficient (Wildman–Crippen LogP) is 14.3. The summed E-state index contributed by atoms with van der Waals surface area (Å²) in [6, 6.07) is 1.19. The second kappa shape index (κ2) is 20.6. The maximum atomic E-state index is 14.2. The molecule has 0 saturated carbocycles. The summed E-state index contributed by atoms with van der Waals surface area (Å²) in [6.45, 7) is 0.694. The second-order valence-corrected chi connectivity index (χ2v) is 18.0. The van der Waals surface area contributed by atoms with Crippen LogP contribution in [0.1, 0.15) is 50.1 Å². The molecule has 1 aromatic heterocycles. The number of ether oxygens (including phenoxy) is 1. The Labute approximate surface area is 419 Å². The molecule has 0 fully saturated rings. The van der Waals surface area contributed by atoms with Crippen LogP contribution in [0.5, 0.6) is 5.88 Å². The van der Waals surface area contributed by atoms with Crippen molar-refractivity contribution in [2.24, 2.45) is 0 Å². The molecule has 6 aromatic rings. The van der Waals surface area contributed by atoms with Gasteiger partial charge in [-0.1, -0.05) is 78.9 Å². The van der Waals surface area contributed by atoms with Crippen LogP contribution in [-0.4, -0.2) is 15.1 Å². The average molecular weight is 1170 g/mol. The third-order valence-electron chi connectivity index (χ3n) is 10.6. The zero-order chi connectivity index (χ0) is 56.9. The Bertz CT molecular complexity index is 2550. The first-order valence-corrected chi connectivity index (χ1v) is 20.9. The Hall–Kier alpha value is -5.77. The molecule has 75 heavy (non-hydrogen) atoms. The van der Waals surface area contributed by atoms with Crippen molar-refractivity contribution in [1.29, 1.82) is 0 Å². The molecule has 0 bridgehead atoms. The average Bonchev–Trinajstić information content (AvgIpc) is 3.24. The molecule has 6 rings (SSSR count). The molecule has 0 aliphatic rings. The third kappa shape index (κ3) is 15.0. The highest BCUT2D eigenvalue weighted by molar-refractivity contribution is 7.20. The van der Waals surface area contributed by atoms with Crippen LogP contribution in [0.4, 0.5) is 105 Å². The zero-order valence-corrected chi connectivity index (χ0v) is 38.1. The molecule has 0 aliphatic heterocycles. The van der Waals surface area contributed by atoms with Crippen molar-refractivity contribution in [3.63, 3.8) is 0 Å². The van der Waals surface area contributed by atoms with Crippen LogP contribution < -0.4 is 31.2 Å². The first kappa shape index (κ1) is 60.1. The van der Waals surface area contributed by atoms with Crippen molar-refractivity contribution in [3.8, 4) is 5.88 Å². The van der Waals surface area contributed by atoms with E-state index in [-0.39, 0.29) is 5.88 Å². The summed E-state index contributed by atoms with van der Waals surface area (Å²) in [5, 5.41) is 0. The molecular weight excluding hydrogens is 1150 g/mol. The Morgan fingerprint density at radius 2 is 0.640 bits per heavy atom. The molecule has 0 radical (unpaired) electrons. The number of hydrogen-bond donors (Lipinski definition) is 0. The van der Waals surface area contributed by atoms with Gasteiger partial charge in [0.15, 0.2) is 12.7 Å². The summed E-state index contributed by atoms with van der Waals surface area (Å²) in [5.41, 5.74) is -29.0. The minimum absolute atomic E-state index is 0.258. The van der Waals surface area contributed by atoms with E-state index in [9.17, 15) is 105 Å². The van der Waals surface area contributed by atoms with E-state index >= 15 is 0 Å². The number of nitrogens with zero attached hydrogens (tertiary/aromatic N) is 2. The van der Waals surface area contributed by atoms with E-state index in [1.165, 1.54) is 0 Å². The van der Waals surface area contributed by atoms with Gasteiger partial charge in [0.1, 0.15) is 6.15 Å². The monoisotopic (exact) mass is 1170 g/mol. The van der Waals surface area contributed by atoms with Gasteiger partial charge >= 0.3 is 53.4 Å². The van der Waals surface area contributed by atoms with Gasteiger partial charge in [-0.15, -0.1) is 0 Å². The quantitative estimate of drug-likeness (QED) is 0.0689. The van der Waals surface area contributed by atoms with Crippen molar-refractivity contribution in [3.05, 3.63) is 172 Å². The van der Waals surface area contributed by atoms with E-state index in [2.05, 4.69) is 4.98 Å². The zero-order valence-electron chi connectivity index (χ0n) is 35.8. The summed E-state index contributed by atoms with van der Waals surface area (Å²) < 4.78 is 346. The van der Waals surface area contributed by atoms with E-state index in [4.69, 9.17) is 39.5 Å². The van der Waals surface area contributed by atoms with Crippen molar-refractivity contribution < 1.29 is 115 Å². The van der Waals surface area contributed by atoms with E-state index in [0.717, 1.165) is 5.56 Å². The van der Waals surface area contributed by atoms with E-state index in [1.54, 1.807) is 12.4 Å². The topological polar surface area (TPSA) is 26.0 Å². The summed E-state index contributed by atoms with van der Waals surface area (Å²) in [7, 11) is 0. The maximum Gasteiger partial charge on any atom is 0.416 e. The minimum Gasteiger partial charge on any atom is -0.423 e. The van der Waals surface area contributed by atoms with E-state index < -0.39 is 199 Å². The number of alkyl halides is 27. The summed E-state index contributed by atoms with van der Waals surface area (Å²) in [5.74, 6) is 0.258. The fourth-order valence-electron chi connectivity index (χ4n) is 7.55. The lowest BCUT2D eigenvalue weighted by Crippen LogP contribution is -2.75. The lowest BCUT2D eigenvalue weighted by Gasteiger charge is -2.46. The third-order valence-corrected chi connectivity index (χ3v) is 10.8. The van der Waals surface area contributed by atoms with Gasteiger partial charge in [0.2, 0.25) is 6.20 Å². The highest BCUT2D eigenvalue weighted by atomic mass is 35.6. The number of hydrogen-bond acceptors (Lipinski definition) is 2. The predicted molar refractivity (Wildman–Crippen MR) is 221 cm³/mol. The van der Waals surface area contributed by atoms with Crippen LogP contribution in [-0.2, 0) is 56.0 Å². The van der Waals surface area contributed by atoms with Crippen LogP contribution in [0.15, 0.2) is 122 Å². The van der Waals surface area contributed by atoms with Crippen LogP contribution in [0.2, 0.25) is 0 Å². The molecule has 0 amide bonds. The molecule has 406 valence electrons. The maximum absolute atomic E-state index is 14.2. The largest absolute Gasteiger partial charge is 0.423 e. The van der Waals surface area contributed by atoms with Crippen molar-refractivity contribution >= 4 is 62.8 Å². The summed E-state index contributed by atoms with van der Waals surface area (Å²) in [4.78, 5) is 3.97. The molecule has 0 atom stereocenters. The first-order chi connectivity index (χ1) is 33.8. The van der Waals surface area contributed by atoms with Crippen LogP contribution >= 0.6 is 34.8 Å². The van der Waals surface area contributed by atoms with E-state index in [1.807, 2.05) is 41.1 Å². The molecule has 0 unspecified atom stereocenters. The SMILES string of the molecule is ClC(Cl)(Cl)Oc1c[n+](Cc2ccccc2)ccn1.FC(F)(F)c1cc([B-](c2cc(C(F)(F)F)cc(C(F)(F)F)c2)(c2cc(C(F)(F)F)cc(C(F)(F)F)c2)c2cc(C(F)(F)F)cc(C(F)(F)F)c2)cc(C(F)(F)F)c1. The number of benzene rings is 5. The molecule has 31 heteroatoms. The molecule has 0 spiro atoms. The van der Waals surface area contributed by atoms with Crippen molar-refractivity contribution in [1.82, 2.24) is 4.98 Å². The summed E-state index contributed by atoms with van der Waals surface area (Å²) in [6.07, 6.45) is -49.7. The van der Waals surface area contributed by atoms with Crippen LogP contribution in [0.25, 0.3) is 0 Å². The van der Waals surface area contributed by atoms with Gasteiger partial charge in [0.25, 0.3) is 5.88 Å². The summed E-state index contributed by atoms with van der Waals surface area (Å²) >= 11 is 16.6. The molecular formula is C44H22BCl3F24N2O.